The van der Waals surface area contributed by atoms with E-state index in [2.05, 4.69) is 19.3 Å². The summed E-state index contributed by atoms with van der Waals surface area (Å²) in [6.07, 6.45) is 9.14. The Hall–Kier alpha value is -0.120. The zero-order chi connectivity index (χ0) is 13.0. The first-order valence-corrected chi connectivity index (χ1v) is 7.53. The van der Waals surface area contributed by atoms with Gasteiger partial charge in [0.25, 0.3) is 0 Å². The van der Waals surface area contributed by atoms with Crippen molar-refractivity contribution in [2.75, 3.05) is 20.8 Å². The number of hydrogen-bond donors (Lipinski definition) is 1. The molecule has 1 N–H and O–H groups in total. The van der Waals surface area contributed by atoms with Crippen LogP contribution in [0.5, 0.6) is 0 Å². The highest BCUT2D eigenvalue weighted by atomic mass is 16.5. The summed E-state index contributed by atoms with van der Waals surface area (Å²) in [7, 11) is 3.90. The van der Waals surface area contributed by atoms with Gasteiger partial charge >= 0.3 is 0 Å². The fraction of sp³-hybridized carbons (Fsp3) is 1.00. The van der Waals surface area contributed by atoms with E-state index in [-0.39, 0.29) is 5.60 Å². The summed E-state index contributed by atoms with van der Waals surface area (Å²) in [5.74, 6) is 0.785. The lowest BCUT2D eigenvalue weighted by atomic mass is 9.70. The normalized spacial score (nSPS) is 29.8. The number of methoxy groups -OCH3 is 1. The molecule has 1 spiro atoms. The topological polar surface area (TPSA) is 30.5 Å². The Morgan fingerprint density at radius 1 is 1.39 bits per heavy atom. The van der Waals surface area contributed by atoms with E-state index in [4.69, 9.17) is 9.47 Å². The number of ether oxygens (including phenoxy) is 2. The summed E-state index contributed by atoms with van der Waals surface area (Å²) < 4.78 is 11.4. The van der Waals surface area contributed by atoms with Crippen molar-refractivity contribution in [3.63, 3.8) is 0 Å². The van der Waals surface area contributed by atoms with Crippen molar-refractivity contribution in [1.29, 1.82) is 0 Å². The summed E-state index contributed by atoms with van der Waals surface area (Å²) in [6.45, 7) is 3.12. The van der Waals surface area contributed by atoms with Gasteiger partial charge in [0.2, 0.25) is 0 Å². The summed E-state index contributed by atoms with van der Waals surface area (Å²) >= 11 is 0. The van der Waals surface area contributed by atoms with Gasteiger partial charge in [-0.15, -0.1) is 0 Å². The third kappa shape index (κ3) is 3.25. The maximum atomic E-state index is 6.02. The van der Waals surface area contributed by atoms with Crippen LogP contribution < -0.4 is 5.32 Å². The molecule has 2 fully saturated rings. The van der Waals surface area contributed by atoms with Crippen LogP contribution in [-0.4, -0.2) is 38.5 Å². The molecule has 0 aromatic carbocycles. The van der Waals surface area contributed by atoms with Crippen LogP contribution in [-0.2, 0) is 9.47 Å². The molecule has 0 bridgehead atoms. The van der Waals surface area contributed by atoms with Gasteiger partial charge in [0.1, 0.15) is 0 Å². The molecule has 1 aliphatic heterocycles. The molecular formula is C15H29NO2. The van der Waals surface area contributed by atoms with Crippen molar-refractivity contribution in [2.45, 2.75) is 69.6 Å². The number of hydrogen-bond acceptors (Lipinski definition) is 3. The molecule has 0 aromatic rings. The fourth-order valence-corrected chi connectivity index (χ4v) is 3.48. The number of nitrogens with one attached hydrogen (secondary N) is 1. The van der Waals surface area contributed by atoms with Crippen LogP contribution in [0.1, 0.15) is 51.9 Å². The van der Waals surface area contributed by atoms with E-state index in [1.54, 1.807) is 7.11 Å². The first-order chi connectivity index (χ1) is 8.69. The second-order valence-corrected chi connectivity index (χ2v) is 6.16. The lowest BCUT2D eigenvalue weighted by molar-refractivity contribution is -0.147. The Kier molecular flexibility index (Phi) is 5.05. The lowest BCUT2D eigenvalue weighted by Crippen LogP contribution is -2.49. The van der Waals surface area contributed by atoms with Gasteiger partial charge in [0, 0.05) is 19.8 Å². The van der Waals surface area contributed by atoms with Gasteiger partial charge in [-0.2, -0.15) is 0 Å². The Balaban J connectivity index is 1.83. The van der Waals surface area contributed by atoms with Crippen LogP contribution in [0.15, 0.2) is 0 Å². The SMILES string of the molecule is CNC(CCC(C)OC)C1CCOC2(CCC2)C1. The maximum absolute atomic E-state index is 6.02. The highest BCUT2D eigenvalue weighted by molar-refractivity contribution is 4.96. The minimum Gasteiger partial charge on any atom is -0.382 e. The van der Waals surface area contributed by atoms with Crippen LogP contribution in [0, 0.1) is 5.92 Å². The standard InChI is InChI=1S/C15H29NO2/c1-12(17-3)5-6-14(16-2)13-7-10-18-15(11-13)8-4-9-15/h12-14,16H,4-11H2,1-3H3. The quantitative estimate of drug-likeness (QED) is 0.791. The molecule has 0 amide bonds. The van der Waals surface area contributed by atoms with E-state index in [0.717, 1.165) is 18.9 Å². The van der Waals surface area contributed by atoms with Gasteiger partial charge < -0.3 is 14.8 Å². The monoisotopic (exact) mass is 255 g/mol. The molecule has 3 heteroatoms. The average Bonchev–Trinajstić information content (AvgIpc) is 2.37. The molecule has 3 nitrogen and oxygen atoms in total. The summed E-state index contributed by atoms with van der Waals surface area (Å²) in [5.41, 5.74) is 0.269. The van der Waals surface area contributed by atoms with Crippen molar-refractivity contribution in [3.8, 4) is 0 Å². The summed E-state index contributed by atoms with van der Waals surface area (Å²) in [5, 5.41) is 3.53. The molecule has 1 heterocycles. The van der Waals surface area contributed by atoms with Crippen molar-refractivity contribution >= 4 is 0 Å². The molecule has 1 saturated carbocycles. The van der Waals surface area contributed by atoms with Crippen molar-refractivity contribution in [1.82, 2.24) is 5.32 Å². The van der Waals surface area contributed by atoms with E-state index in [1.165, 1.54) is 38.5 Å². The van der Waals surface area contributed by atoms with Gasteiger partial charge in [0.05, 0.1) is 11.7 Å². The van der Waals surface area contributed by atoms with Crippen molar-refractivity contribution < 1.29 is 9.47 Å². The largest absolute Gasteiger partial charge is 0.382 e. The van der Waals surface area contributed by atoms with E-state index in [1.807, 2.05) is 0 Å². The molecule has 2 rings (SSSR count). The van der Waals surface area contributed by atoms with E-state index < -0.39 is 0 Å². The maximum Gasteiger partial charge on any atom is 0.0685 e. The lowest BCUT2D eigenvalue weighted by Gasteiger charge is -2.49. The summed E-state index contributed by atoms with van der Waals surface area (Å²) in [4.78, 5) is 0. The molecule has 18 heavy (non-hydrogen) atoms. The van der Waals surface area contributed by atoms with Crippen LogP contribution in [0.2, 0.25) is 0 Å². The van der Waals surface area contributed by atoms with Gasteiger partial charge in [0.15, 0.2) is 0 Å². The Morgan fingerprint density at radius 3 is 2.72 bits per heavy atom. The highest BCUT2D eigenvalue weighted by Crippen LogP contribution is 2.45. The Morgan fingerprint density at radius 2 is 2.17 bits per heavy atom. The fourth-order valence-electron chi connectivity index (χ4n) is 3.48. The molecule has 3 atom stereocenters. The second-order valence-electron chi connectivity index (χ2n) is 6.16. The third-order valence-electron chi connectivity index (χ3n) is 5.02. The minimum absolute atomic E-state index is 0.269. The van der Waals surface area contributed by atoms with Crippen LogP contribution in [0.25, 0.3) is 0 Å². The molecule has 106 valence electrons. The molecular weight excluding hydrogens is 226 g/mol. The van der Waals surface area contributed by atoms with Gasteiger partial charge in [-0.1, -0.05) is 0 Å². The first kappa shape index (κ1) is 14.3. The summed E-state index contributed by atoms with van der Waals surface area (Å²) in [6, 6.07) is 0.629. The van der Waals surface area contributed by atoms with Gasteiger partial charge in [-0.05, 0) is 64.8 Å². The molecule has 0 radical (unpaired) electrons. The van der Waals surface area contributed by atoms with E-state index >= 15 is 0 Å². The Bertz CT molecular complexity index is 253. The van der Waals surface area contributed by atoms with Crippen LogP contribution in [0.4, 0.5) is 0 Å². The van der Waals surface area contributed by atoms with E-state index in [0.29, 0.717) is 12.1 Å². The minimum atomic E-state index is 0.269. The van der Waals surface area contributed by atoms with E-state index in [9.17, 15) is 0 Å². The van der Waals surface area contributed by atoms with Crippen molar-refractivity contribution in [2.24, 2.45) is 5.92 Å². The molecule has 1 saturated heterocycles. The Labute approximate surface area is 112 Å². The molecule has 0 aromatic heterocycles. The zero-order valence-electron chi connectivity index (χ0n) is 12.2. The smallest absolute Gasteiger partial charge is 0.0685 e. The van der Waals surface area contributed by atoms with Gasteiger partial charge in [-0.3, -0.25) is 0 Å². The first-order valence-electron chi connectivity index (χ1n) is 7.53. The second kappa shape index (κ2) is 6.36. The molecule has 3 unspecified atom stereocenters. The highest BCUT2D eigenvalue weighted by Gasteiger charge is 2.43. The molecule has 2 aliphatic rings. The predicted octanol–water partition coefficient (Wildman–Crippen LogP) is 2.74. The number of rotatable bonds is 6. The van der Waals surface area contributed by atoms with Crippen LogP contribution in [0.3, 0.4) is 0 Å². The third-order valence-corrected chi connectivity index (χ3v) is 5.02. The van der Waals surface area contributed by atoms with Crippen LogP contribution >= 0.6 is 0 Å². The predicted molar refractivity (Wildman–Crippen MR) is 73.8 cm³/mol. The average molecular weight is 255 g/mol. The zero-order valence-corrected chi connectivity index (χ0v) is 12.2. The van der Waals surface area contributed by atoms with Crippen molar-refractivity contribution in [3.05, 3.63) is 0 Å². The van der Waals surface area contributed by atoms with Gasteiger partial charge in [-0.25, -0.2) is 0 Å². The molecule has 1 aliphatic carbocycles.